The van der Waals surface area contributed by atoms with E-state index >= 15 is 0 Å². The Morgan fingerprint density at radius 1 is 1.10 bits per heavy atom. The molecule has 4 aromatic rings. The number of nitrogens with one attached hydrogen (secondary N) is 1. The summed E-state index contributed by atoms with van der Waals surface area (Å²) in [6, 6.07) is 10.9. The van der Waals surface area contributed by atoms with Crippen molar-refractivity contribution in [1.82, 2.24) is 19.5 Å². The molecule has 0 saturated carbocycles. The fraction of sp³-hybridized carbons (Fsp3) is 0.250. The monoisotopic (exact) mass is 553 g/mol. The van der Waals surface area contributed by atoms with Gasteiger partial charge in [0.2, 0.25) is 5.95 Å². The maximum atomic E-state index is 13.9. The van der Waals surface area contributed by atoms with E-state index in [2.05, 4.69) is 9.97 Å². The Kier molecular flexibility index (Phi) is 6.42. The van der Waals surface area contributed by atoms with Crippen molar-refractivity contribution in [2.45, 2.75) is 38.6 Å². The predicted octanol–water partition coefficient (Wildman–Crippen LogP) is 6.12. The van der Waals surface area contributed by atoms with Crippen LogP contribution in [0.5, 0.6) is 6.01 Å². The molecule has 200 valence electrons. The minimum atomic E-state index is -4.45. The Morgan fingerprint density at radius 2 is 1.97 bits per heavy atom. The minimum absolute atomic E-state index is 0.194. The standard InChI is InChI=1S/C28H23ClF3N5O2/c29-19-6-4-5-17(13-19)16-39-27-35-22-11-12-36(15-21(22)25(38)37(27)20-7-2-1-3-8-20)26-33-23-10-9-18(28(30,31)32)14-24(23)34-26/h1-2,4-7,9-10,13-14H,3,8,11-12,15-16H2,(H,33,34). The smallest absolute Gasteiger partial charge is 0.416 e. The Balaban J connectivity index is 1.34. The van der Waals surface area contributed by atoms with Gasteiger partial charge in [-0.05, 0) is 54.8 Å². The molecule has 0 unspecified atom stereocenters. The summed E-state index contributed by atoms with van der Waals surface area (Å²) in [7, 11) is 0. The summed E-state index contributed by atoms with van der Waals surface area (Å²) in [6.45, 7) is 0.888. The molecule has 1 aliphatic carbocycles. The van der Waals surface area contributed by atoms with Crippen LogP contribution in [0, 0.1) is 0 Å². The molecular formula is C28H23ClF3N5O2. The van der Waals surface area contributed by atoms with Crippen molar-refractivity contribution in [2.24, 2.45) is 0 Å². The van der Waals surface area contributed by atoms with Gasteiger partial charge in [0.05, 0.1) is 34.4 Å². The van der Waals surface area contributed by atoms with E-state index in [-0.39, 0.29) is 30.2 Å². The molecule has 39 heavy (non-hydrogen) atoms. The molecule has 0 fully saturated rings. The zero-order valence-corrected chi connectivity index (χ0v) is 21.4. The summed E-state index contributed by atoms with van der Waals surface area (Å²) >= 11 is 6.11. The molecule has 7 nitrogen and oxygen atoms in total. The lowest BCUT2D eigenvalue weighted by Crippen LogP contribution is -2.38. The summed E-state index contributed by atoms with van der Waals surface area (Å²) in [5.41, 5.74) is 2.49. The molecule has 1 aliphatic heterocycles. The number of benzene rings is 2. The second-order valence-electron chi connectivity index (χ2n) is 9.47. The molecule has 6 rings (SSSR count). The van der Waals surface area contributed by atoms with Gasteiger partial charge in [0.1, 0.15) is 6.61 Å². The maximum absolute atomic E-state index is 13.9. The van der Waals surface area contributed by atoms with E-state index in [1.807, 2.05) is 35.3 Å². The summed E-state index contributed by atoms with van der Waals surface area (Å²) in [4.78, 5) is 28.0. The van der Waals surface area contributed by atoms with Crippen LogP contribution in [-0.4, -0.2) is 26.1 Å². The highest BCUT2D eigenvalue weighted by molar-refractivity contribution is 6.30. The van der Waals surface area contributed by atoms with E-state index in [0.717, 1.165) is 29.8 Å². The number of alkyl halides is 3. The number of fused-ring (bicyclic) bond motifs is 2. The van der Waals surface area contributed by atoms with Crippen molar-refractivity contribution in [2.75, 3.05) is 11.4 Å². The number of nitrogens with zero attached hydrogens (tertiary/aromatic N) is 4. The lowest BCUT2D eigenvalue weighted by molar-refractivity contribution is -0.137. The first-order chi connectivity index (χ1) is 18.8. The van der Waals surface area contributed by atoms with Crippen molar-refractivity contribution < 1.29 is 17.9 Å². The third kappa shape index (κ3) is 5.04. The lowest BCUT2D eigenvalue weighted by Gasteiger charge is -2.29. The van der Waals surface area contributed by atoms with Crippen molar-refractivity contribution in [3.63, 3.8) is 0 Å². The van der Waals surface area contributed by atoms with Crippen LogP contribution in [0.1, 0.15) is 35.2 Å². The number of aromatic nitrogens is 4. The largest absolute Gasteiger partial charge is 0.459 e. The van der Waals surface area contributed by atoms with Crippen molar-refractivity contribution in [1.29, 1.82) is 0 Å². The van der Waals surface area contributed by atoms with E-state index in [1.165, 1.54) is 10.6 Å². The summed E-state index contributed by atoms with van der Waals surface area (Å²) in [5, 5.41) is 0.590. The topological polar surface area (TPSA) is 76.0 Å². The zero-order valence-electron chi connectivity index (χ0n) is 20.6. The van der Waals surface area contributed by atoms with E-state index in [1.54, 1.807) is 12.1 Å². The van der Waals surface area contributed by atoms with Crippen LogP contribution >= 0.6 is 11.6 Å². The van der Waals surface area contributed by atoms with Crippen LogP contribution in [0.15, 0.2) is 65.5 Å². The highest BCUT2D eigenvalue weighted by atomic mass is 35.5. The summed E-state index contributed by atoms with van der Waals surface area (Å²) in [5.74, 6) is 0.405. The third-order valence-corrected chi connectivity index (χ3v) is 7.07. The number of anilines is 1. The van der Waals surface area contributed by atoms with Crippen LogP contribution < -0.4 is 15.2 Å². The van der Waals surface area contributed by atoms with E-state index in [4.69, 9.17) is 21.3 Å². The quantitative estimate of drug-likeness (QED) is 0.322. The molecule has 0 bridgehead atoms. The van der Waals surface area contributed by atoms with Crippen LogP contribution in [0.4, 0.5) is 19.1 Å². The van der Waals surface area contributed by atoms with Crippen molar-refractivity contribution >= 4 is 34.3 Å². The average Bonchev–Trinajstić information content (AvgIpc) is 3.36. The molecule has 2 aliphatic rings. The van der Waals surface area contributed by atoms with Gasteiger partial charge in [0.15, 0.2) is 0 Å². The molecule has 11 heteroatoms. The molecule has 0 atom stereocenters. The Labute approximate surface area is 226 Å². The van der Waals surface area contributed by atoms with Gasteiger partial charge >= 0.3 is 12.2 Å². The van der Waals surface area contributed by atoms with Gasteiger partial charge in [0.25, 0.3) is 5.56 Å². The lowest BCUT2D eigenvalue weighted by atomic mass is 10.1. The fourth-order valence-corrected chi connectivity index (χ4v) is 5.07. The highest BCUT2D eigenvalue weighted by Gasteiger charge is 2.31. The molecule has 0 spiro atoms. The fourth-order valence-electron chi connectivity index (χ4n) is 4.86. The van der Waals surface area contributed by atoms with Gasteiger partial charge in [0, 0.05) is 23.7 Å². The van der Waals surface area contributed by atoms with Gasteiger partial charge in [-0.1, -0.05) is 35.9 Å². The molecule has 3 heterocycles. The second-order valence-corrected chi connectivity index (χ2v) is 9.90. The van der Waals surface area contributed by atoms with Gasteiger partial charge < -0.3 is 14.6 Å². The molecule has 2 aromatic heterocycles. The number of allylic oxidation sites excluding steroid dienone is 4. The number of aromatic amines is 1. The molecule has 0 radical (unpaired) electrons. The molecular weight excluding hydrogens is 531 g/mol. The number of rotatable bonds is 5. The van der Waals surface area contributed by atoms with Gasteiger partial charge in [-0.3, -0.25) is 4.79 Å². The zero-order chi connectivity index (χ0) is 27.1. The number of H-pyrrole nitrogens is 1. The summed E-state index contributed by atoms with van der Waals surface area (Å²) in [6.07, 6.45) is 3.25. The van der Waals surface area contributed by atoms with Crippen molar-refractivity contribution in [3.05, 3.63) is 98.5 Å². The first-order valence-electron chi connectivity index (χ1n) is 12.5. The molecule has 0 amide bonds. The van der Waals surface area contributed by atoms with Gasteiger partial charge in [-0.25, -0.2) is 14.5 Å². The third-order valence-electron chi connectivity index (χ3n) is 6.83. The van der Waals surface area contributed by atoms with E-state index in [0.29, 0.717) is 47.1 Å². The average molecular weight is 554 g/mol. The van der Waals surface area contributed by atoms with E-state index in [9.17, 15) is 18.0 Å². The first-order valence-corrected chi connectivity index (χ1v) is 12.8. The Morgan fingerprint density at radius 3 is 2.74 bits per heavy atom. The number of hydrogen-bond acceptors (Lipinski definition) is 5. The molecule has 2 aromatic carbocycles. The number of imidazole rings is 1. The van der Waals surface area contributed by atoms with Crippen LogP contribution in [-0.2, 0) is 25.7 Å². The first kappa shape index (κ1) is 25.2. The normalized spacial score (nSPS) is 15.4. The molecule has 1 N–H and O–H groups in total. The van der Waals surface area contributed by atoms with Gasteiger partial charge in [-0.15, -0.1) is 0 Å². The van der Waals surface area contributed by atoms with Crippen LogP contribution in [0.3, 0.4) is 0 Å². The minimum Gasteiger partial charge on any atom is -0.459 e. The van der Waals surface area contributed by atoms with Crippen LogP contribution in [0.25, 0.3) is 16.7 Å². The number of hydrogen-bond donors (Lipinski definition) is 1. The Bertz CT molecular complexity index is 1690. The Hall–Kier alpha value is -4.05. The number of halogens is 4. The van der Waals surface area contributed by atoms with Gasteiger partial charge in [-0.2, -0.15) is 13.2 Å². The second kappa shape index (κ2) is 9.92. The van der Waals surface area contributed by atoms with Crippen molar-refractivity contribution in [3.8, 4) is 6.01 Å². The SMILES string of the molecule is O=c1c2c(nc(OCc3cccc(Cl)c3)n1C1=CC=CCC1)CCN(c1nc3ccc(C(F)(F)F)cc3[nH]1)C2. The summed E-state index contributed by atoms with van der Waals surface area (Å²) < 4.78 is 47.1. The van der Waals surface area contributed by atoms with E-state index < -0.39 is 11.7 Å². The van der Waals surface area contributed by atoms with Crippen LogP contribution in [0.2, 0.25) is 5.02 Å². The number of ether oxygens (including phenoxy) is 1. The molecule has 0 saturated heterocycles. The predicted molar refractivity (Wildman–Crippen MR) is 143 cm³/mol. The highest BCUT2D eigenvalue weighted by Crippen LogP contribution is 2.32. The maximum Gasteiger partial charge on any atom is 0.416 e.